The Morgan fingerprint density at radius 1 is 1.50 bits per heavy atom. The van der Waals surface area contributed by atoms with Crippen molar-refractivity contribution in [3.63, 3.8) is 0 Å². The van der Waals surface area contributed by atoms with Crippen LogP contribution in [-0.4, -0.2) is 34.6 Å². The maximum absolute atomic E-state index is 5.99. The Kier molecular flexibility index (Phi) is 3.44. The number of nitrogens with zero attached hydrogens (tertiary/aromatic N) is 3. The van der Waals surface area contributed by atoms with Crippen molar-refractivity contribution in [2.45, 2.75) is 19.4 Å². The lowest BCUT2D eigenvalue weighted by Crippen LogP contribution is -2.33. The van der Waals surface area contributed by atoms with Crippen LogP contribution in [0.1, 0.15) is 12.1 Å². The second kappa shape index (κ2) is 4.67. The molecule has 1 aromatic rings. The molecule has 1 fully saturated rings. The van der Waals surface area contributed by atoms with Crippen LogP contribution < -0.4 is 10.6 Å². The fourth-order valence-corrected chi connectivity index (χ4v) is 3.28. The molecule has 1 aliphatic rings. The highest BCUT2D eigenvalue weighted by Crippen LogP contribution is 2.29. The van der Waals surface area contributed by atoms with Crippen molar-refractivity contribution in [3.05, 3.63) is 11.0 Å². The molecule has 0 bridgehead atoms. The molecule has 1 aromatic heterocycles. The first-order valence-corrected chi connectivity index (χ1v) is 6.73. The monoisotopic (exact) mass is 258 g/mol. The van der Waals surface area contributed by atoms with E-state index in [0.717, 1.165) is 17.3 Å². The van der Waals surface area contributed by atoms with Gasteiger partial charge in [-0.15, -0.1) is 0 Å². The molecule has 0 radical (unpaired) electrons. The van der Waals surface area contributed by atoms with Crippen LogP contribution >= 0.6 is 23.4 Å². The lowest BCUT2D eigenvalue weighted by molar-refractivity contribution is 0.691. The Morgan fingerprint density at radius 3 is 2.88 bits per heavy atom. The number of anilines is 2. The number of rotatable bonds is 2. The molecule has 0 spiro atoms. The standard InChI is InChI=1S/C10H15ClN4S/c1-6-8(12)9(14-10(11)13-6)15(2)7-3-4-16-5-7/h7H,3-5,12H2,1-2H3. The first-order chi connectivity index (χ1) is 7.59. The average Bonchev–Trinajstić information content (AvgIpc) is 2.75. The number of hydrogen-bond acceptors (Lipinski definition) is 5. The third kappa shape index (κ3) is 2.20. The quantitative estimate of drug-likeness (QED) is 0.822. The molecule has 6 heteroatoms. The van der Waals surface area contributed by atoms with Crippen LogP contribution in [0.4, 0.5) is 11.5 Å². The van der Waals surface area contributed by atoms with Gasteiger partial charge in [0.15, 0.2) is 5.82 Å². The van der Waals surface area contributed by atoms with E-state index >= 15 is 0 Å². The molecule has 0 aliphatic carbocycles. The number of aromatic nitrogens is 2. The molecule has 1 atom stereocenters. The number of aryl methyl sites for hydroxylation is 1. The number of thioether (sulfide) groups is 1. The maximum atomic E-state index is 5.99. The molecule has 0 aromatic carbocycles. The van der Waals surface area contributed by atoms with Crippen LogP contribution in [0.3, 0.4) is 0 Å². The second-order valence-corrected chi connectivity index (χ2v) is 5.43. The van der Waals surface area contributed by atoms with Gasteiger partial charge >= 0.3 is 0 Å². The molecule has 4 nitrogen and oxygen atoms in total. The van der Waals surface area contributed by atoms with Gasteiger partial charge in [-0.25, -0.2) is 4.98 Å². The van der Waals surface area contributed by atoms with Crippen molar-refractivity contribution in [1.29, 1.82) is 0 Å². The molecule has 88 valence electrons. The molecule has 16 heavy (non-hydrogen) atoms. The average molecular weight is 259 g/mol. The number of nitrogens with two attached hydrogens (primary N) is 1. The van der Waals surface area contributed by atoms with Crippen molar-refractivity contribution in [2.75, 3.05) is 29.2 Å². The zero-order chi connectivity index (χ0) is 11.7. The van der Waals surface area contributed by atoms with E-state index in [2.05, 4.69) is 14.9 Å². The smallest absolute Gasteiger partial charge is 0.224 e. The van der Waals surface area contributed by atoms with E-state index in [-0.39, 0.29) is 5.28 Å². The van der Waals surface area contributed by atoms with E-state index in [1.165, 1.54) is 12.2 Å². The topological polar surface area (TPSA) is 55.0 Å². The Hall–Kier alpha value is -0.680. The highest BCUT2D eigenvalue weighted by atomic mass is 35.5. The molecule has 2 heterocycles. The van der Waals surface area contributed by atoms with E-state index < -0.39 is 0 Å². The zero-order valence-corrected chi connectivity index (χ0v) is 11.0. The Balaban J connectivity index is 2.31. The first kappa shape index (κ1) is 11.8. The van der Waals surface area contributed by atoms with Crippen molar-refractivity contribution in [2.24, 2.45) is 0 Å². The molecule has 0 saturated carbocycles. The predicted octanol–water partition coefficient (Wildman–Crippen LogP) is 1.96. The highest BCUT2D eigenvalue weighted by molar-refractivity contribution is 7.99. The van der Waals surface area contributed by atoms with Crippen LogP contribution in [0.25, 0.3) is 0 Å². The van der Waals surface area contributed by atoms with E-state index in [0.29, 0.717) is 11.7 Å². The fourth-order valence-electron chi connectivity index (χ4n) is 1.80. The van der Waals surface area contributed by atoms with Gasteiger partial charge in [0.1, 0.15) is 0 Å². The predicted molar refractivity (Wildman–Crippen MR) is 70.3 cm³/mol. The van der Waals surface area contributed by atoms with Gasteiger partial charge in [0, 0.05) is 18.8 Å². The number of nitrogen functional groups attached to an aromatic ring is 1. The van der Waals surface area contributed by atoms with Crippen molar-refractivity contribution in [3.8, 4) is 0 Å². The lowest BCUT2D eigenvalue weighted by Gasteiger charge is -2.26. The minimum atomic E-state index is 0.263. The van der Waals surface area contributed by atoms with Crippen LogP contribution in [0.2, 0.25) is 5.28 Å². The van der Waals surface area contributed by atoms with Gasteiger partial charge in [0.2, 0.25) is 5.28 Å². The van der Waals surface area contributed by atoms with Crippen LogP contribution in [0.5, 0.6) is 0 Å². The minimum Gasteiger partial charge on any atom is -0.394 e. The summed E-state index contributed by atoms with van der Waals surface area (Å²) in [4.78, 5) is 10.4. The highest BCUT2D eigenvalue weighted by Gasteiger charge is 2.23. The summed E-state index contributed by atoms with van der Waals surface area (Å²) < 4.78 is 0. The van der Waals surface area contributed by atoms with E-state index in [1.807, 2.05) is 25.7 Å². The summed E-state index contributed by atoms with van der Waals surface area (Å²) in [7, 11) is 2.02. The maximum Gasteiger partial charge on any atom is 0.224 e. The summed E-state index contributed by atoms with van der Waals surface area (Å²) in [6.45, 7) is 1.85. The van der Waals surface area contributed by atoms with Crippen molar-refractivity contribution < 1.29 is 0 Å². The van der Waals surface area contributed by atoms with Crippen molar-refractivity contribution >= 4 is 34.9 Å². The van der Waals surface area contributed by atoms with Crippen LogP contribution in [-0.2, 0) is 0 Å². The zero-order valence-electron chi connectivity index (χ0n) is 9.40. The second-order valence-electron chi connectivity index (χ2n) is 3.94. The summed E-state index contributed by atoms with van der Waals surface area (Å²) in [6.07, 6.45) is 1.17. The molecule has 2 rings (SSSR count). The Morgan fingerprint density at radius 2 is 2.25 bits per heavy atom. The summed E-state index contributed by atoms with van der Waals surface area (Å²) in [5.41, 5.74) is 7.36. The molecular formula is C10H15ClN4S. The summed E-state index contributed by atoms with van der Waals surface area (Å²) >= 11 is 7.82. The Labute approximate surface area is 105 Å². The SMILES string of the molecule is Cc1nc(Cl)nc(N(C)C2CCSC2)c1N. The van der Waals surface area contributed by atoms with Gasteiger partial charge in [-0.05, 0) is 30.7 Å². The van der Waals surface area contributed by atoms with Crippen molar-refractivity contribution in [1.82, 2.24) is 9.97 Å². The van der Waals surface area contributed by atoms with Gasteiger partial charge in [-0.1, -0.05) is 0 Å². The normalized spacial score (nSPS) is 20.1. The summed E-state index contributed by atoms with van der Waals surface area (Å²) in [6, 6.07) is 0.498. The third-order valence-corrected chi connectivity index (χ3v) is 4.19. The molecule has 2 N–H and O–H groups in total. The van der Waals surface area contributed by atoms with E-state index in [1.54, 1.807) is 0 Å². The van der Waals surface area contributed by atoms with E-state index in [4.69, 9.17) is 17.3 Å². The van der Waals surface area contributed by atoms with E-state index in [9.17, 15) is 0 Å². The molecular weight excluding hydrogens is 244 g/mol. The van der Waals surface area contributed by atoms with Crippen LogP contribution in [0.15, 0.2) is 0 Å². The summed E-state index contributed by atoms with van der Waals surface area (Å²) in [5.74, 6) is 3.08. The Bertz CT molecular complexity index is 393. The summed E-state index contributed by atoms with van der Waals surface area (Å²) in [5, 5.41) is 0.263. The van der Waals surface area contributed by atoms with Gasteiger partial charge in [0.25, 0.3) is 0 Å². The van der Waals surface area contributed by atoms with Crippen LogP contribution in [0, 0.1) is 6.92 Å². The molecule has 1 saturated heterocycles. The number of halogens is 1. The van der Waals surface area contributed by atoms with Gasteiger partial charge in [0.05, 0.1) is 11.4 Å². The lowest BCUT2D eigenvalue weighted by atomic mass is 10.2. The largest absolute Gasteiger partial charge is 0.394 e. The molecule has 1 unspecified atom stereocenters. The molecule has 1 aliphatic heterocycles. The van der Waals surface area contributed by atoms with Gasteiger partial charge < -0.3 is 10.6 Å². The molecule has 0 amide bonds. The van der Waals surface area contributed by atoms with Gasteiger partial charge in [-0.2, -0.15) is 16.7 Å². The third-order valence-electron chi connectivity index (χ3n) is 2.88. The minimum absolute atomic E-state index is 0.263. The fraction of sp³-hybridized carbons (Fsp3) is 0.600. The first-order valence-electron chi connectivity index (χ1n) is 5.19. The number of hydrogen-bond donors (Lipinski definition) is 1. The van der Waals surface area contributed by atoms with Gasteiger partial charge in [-0.3, -0.25) is 0 Å².